The van der Waals surface area contributed by atoms with Gasteiger partial charge in [-0.2, -0.15) is 5.10 Å². The Morgan fingerprint density at radius 3 is 2.05 bits per heavy atom. The summed E-state index contributed by atoms with van der Waals surface area (Å²) in [5, 5.41) is 4.05. The molecule has 0 unspecified atom stereocenters. The Hall–Kier alpha value is -5.11. The smallest absolute Gasteiger partial charge is 0.343 e. The summed E-state index contributed by atoms with van der Waals surface area (Å²) in [5.74, 6) is 1.11. The lowest BCUT2D eigenvalue weighted by molar-refractivity contribution is 0.0728. The highest BCUT2D eigenvalue weighted by atomic mass is 16.6. The van der Waals surface area contributed by atoms with E-state index in [0.717, 1.165) is 5.56 Å². The quantitative estimate of drug-likeness (QED) is 0.102. The summed E-state index contributed by atoms with van der Waals surface area (Å²) in [7, 11) is 0. The predicted molar refractivity (Wildman–Crippen MR) is 152 cm³/mol. The number of esters is 1. The van der Waals surface area contributed by atoms with Crippen molar-refractivity contribution in [1.82, 2.24) is 5.43 Å². The van der Waals surface area contributed by atoms with Crippen LogP contribution in [0.3, 0.4) is 0 Å². The number of hydrogen-bond acceptors (Lipinski definition) is 7. The molecule has 4 aromatic rings. The number of amides is 1. The highest BCUT2D eigenvalue weighted by molar-refractivity contribution is 5.95. The van der Waals surface area contributed by atoms with Gasteiger partial charge in [0.25, 0.3) is 5.91 Å². The van der Waals surface area contributed by atoms with Crippen molar-refractivity contribution in [2.45, 2.75) is 20.5 Å². The molecular formula is C32H30N2O6. The number of nitrogens with one attached hydrogen (secondary N) is 1. The monoisotopic (exact) mass is 538 g/mol. The van der Waals surface area contributed by atoms with Gasteiger partial charge in [-0.1, -0.05) is 30.3 Å². The Bertz CT molecular complexity index is 1430. The van der Waals surface area contributed by atoms with Crippen LogP contribution in [0.25, 0.3) is 0 Å². The van der Waals surface area contributed by atoms with Crippen LogP contribution in [0.1, 0.15) is 45.7 Å². The van der Waals surface area contributed by atoms with E-state index in [2.05, 4.69) is 10.5 Å². The van der Waals surface area contributed by atoms with Crippen molar-refractivity contribution in [2.24, 2.45) is 5.10 Å². The van der Waals surface area contributed by atoms with Crippen LogP contribution in [-0.4, -0.2) is 31.3 Å². The van der Waals surface area contributed by atoms with Crippen LogP contribution in [-0.2, 0) is 6.61 Å². The first kappa shape index (κ1) is 27.9. The third kappa shape index (κ3) is 7.94. The summed E-state index contributed by atoms with van der Waals surface area (Å²) >= 11 is 0. The summed E-state index contributed by atoms with van der Waals surface area (Å²) in [6, 6.07) is 28.4. The second kappa shape index (κ2) is 14.2. The van der Waals surface area contributed by atoms with E-state index in [4.69, 9.17) is 18.9 Å². The van der Waals surface area contributed by atoms with Crippen LogP contribution in [0.5, 0.6) is 23.0 Å². The van der Waals surface area contributed by atoms with Gasteiger partial charge in [-0.3, -0.25) is 4.79 Å². The van der Waals surface area contributed by atoms with Gasteiger partial charge >= 0.3 is 5.97 Å². The number of hydrazone groups is 1. The Kier molecular flexibility index (Phi) is 9.88. The molecule has 0 radical (unpaired) electrons. The second-order valence-electron chi connectivity index (χ2n) is 8.48. The van der Waals surface area contributed by atoms with Crippen molar-refractivity contribution in [3.05, 3.63) is 119 Å². The minimum Gasteiger partial charge on any atom is -0.494 e. The number of carbonyl (C=O) groups is 2. The maximum absolute atomic E-state index is 12.6. The Morgan fingerprint density at radius 2 is 1.38 bits per heavy atom. The molecule has 4 aromatic carbocycles. The topological polar surface area (TPSA) is 95.5 Å². The molecule has 0 aliphatic carbocycles. The van der Waals surface area contributed by atoms with E-state index in [0.29, 0.717) is 53.8 Å². The molecule has 1 N–H and O–H groups in total. The van der Waals surface area contributed by atoms with Crippen LogP contribution in [0.15, 0.2) is 102 Å². The van der Waals surface area contributed by atoms with Crippen molar-refractivity contribution < 1.29 is 28.5 Å². The number of rotatable bonds is 12. The third-order valence-electron chi connectivity index (χ3n) is 5.62. The number of benzene rings is 4. The molecule has 8 nitrogen and oxygen atoms in total. The first-order chi connectivity index (χ1) is 19.6. The molecular weight excluding hydrogens is 508 g/mol. The van der Waals surface area contributed by atoms with Gasteiger partial charge in [-0.15, -0.1) is 0 Å². The summed E-state index contributed by atoms with van der Waals surface area (Å²) in [5.41, 5.74) is 5.04. The van der Waals surface area contributed by atoms with Gasteiger partial charge in [0, 0.05) is 5.56 Å². The maximum atomic E-state index is 12.6. The SMILES string of the molecule is CCOc1ccc(C(=O)Oc2ccc(/C=N\NC(=O)c3ccc(OCc4ccccc4)cc3)cc2OCC)cc1. The average Bonchev–Trinajstić information content (AvgIpc) is 2.99. The molecule has 0 aliphatic heterocycles. The molecule has 0 saturated heterocycles. The summed E-state index contributed by atoms with van der Waals surface area (Å²) in [4.78, 5) is 25.1. The molecule has 204 valence electrons. The fourth-order valence-corrected chi connectivity index (χ4v) is 3.64. The van der Waals surface area contributed by atoms with Gasteiger partial charge in [0.1, 0.15) is 18.1 Å². The van der Waals surface area contributed by atoms with E-state index >= 15 is 0 Å². The molecule has 40 heavy (non-hydrogen) atoms. The van der Waals surface area contributed by atoms with Crippen LogP contribution in [0.2, 0.25) is 0 Å². The van der Waals surface area contributed by atoms with Crippen LogP contribution in [0, 0.1) is 0 Å². The Morgan fingerprint density at radius 1 is 0.725 bits per heavy atom. The van der Waals surface area contributed by atoms with Crippen molar-refractivity contribution in [1.29, 1.82) is 0 Å². The fraction of sp³-hybridized carbons (Fsp3) is 0.156. The molecule has 0 spiro atoms. The minimum absolute atomic E-state index is 0.275. The third-order valence-corrected chi connectivity index (χ3v) is 5.62. The van der Waals surface area contributed by atoms with Crippen molar-refractivity contribution in [3.63, 3.8) is 0 Å². The molecule has 0 heterocycles. The van der Waals surface area contributed by atoms with Gasteiger partial charge in [0.05, 0.1) is 25.0 Å². The zero-order valence-electron chi connectivity index (χ0n) is 22.3. The Balaban J connectivity index is 1.33. The predicted octanol–water partition coefficient (Wildman–Crippen LogP) is 6.05. The molecule has 0 aliphatic rings. The Labute approximate surface area is 233 Å². The molecule has 0 bridgehead atoms. The molecule has 0 atom stereocenters. The van der Waals surface area contributed by atoms with Gasteiger partial charge in [0.2, 0.25) is 0 Å². The standard InChI is InChI=1S/C32H30N2O6/c1-3-37-27-17-13-26(14-18-27)32(36)40-29-19-10-24(20-30(29)38-4-2)21-33-34-31(35)25-11-15-28(16-12-25)39-22-23-8-6-5-7-9-23/h5-21H,3-4,22H2,1-2H3,(H,34,35)/b33-21-. The summed E-state index contributed by atoms with van der Waals surface area (Å²) in [6.45, 7) is 5.08. The van der Waals surface area contributed by atoms with Gasteiger partial charge < -0.3 is 18.9 Å². The molecule has 4 rings (SSSR count). The van der Waals surface area contributed by atoms with E-state index in [1.165, 1.54) is 6.21 Å². The number of ether oxygens (including phenoxy) is 4. The lowest BCUT2D eigenvalue weighted by Gasteiger charge is -2.11. The van der Waals surface area contributed by atoms with E-state index < -0.39 is 5.97 Å². The van der Waals surface area contributed by atoms with Crippen LogP contribution >= 0.6 is 0 Å². The largest absolute Gasteiger partial charge is 0.494 e. The minimum atomic E-state index is -0.519. The molecule has 0 fully saturated rings. The molecule has 8 heteroatoms. The normalized spacial score (nSPS) is 10.7. The summed E-state index contributed by atoms with van der Waals surface area (Å²) < 4.78 is 22.4. The molecule has 0 aromatic heterocycles. The van der Waals surface area contributed by atoms with E-state index in [-0.39, 0.29) is 11.7 Å². The summed E-state index contributed by atoms with van der Waals surface area (Å²) in [6.07, 6.45) is 1.48. The van der Waals surface area contributed by atoms with Crippen molar-refractivity contribution in [3.8, 4) is 23.0 Å². The zero-order valence-corrected chi connectivity index (χ0v) is 22.3. The maximum Gasteiger partial charge on any atom is 0.343 e. The van der Waals surface area contributed by atoms with Crippen molar-refractivity contribution >= 4 is 18.1 Å². The van der Waals surface area contributed by atoms with E-state index in [9.17, 15) is 9.59 Å². The van der Waals surface area contributed by atoms with Crippen LogP contribution in [0.4, 0.5) is 0 Å². The number of nitrogens with zero attached hydrogens (tertiary/aromatic N) is 1. The molecule has 0 saturated carbocycles. The second-order valence-corrected chi connectivity index (χ2v) is 8.48. The lowest BCUT2D eigenvalue weighted by Crippen LogP contribution is -2.17. The zero-order chi connectivity index (χ0) is 28.2. The first-order valence-corrected chi connectivity index (χ1v) is 12.9. The van der Waals surface area contributed by atoms with Gasteiger partial charge in [0.15, 0.2) is 11.5 Å². The van der Waals surface area contributed by atoms with E-state index in [1.807, 2.05) is 44.2 Å². The highest BCUT2D eigenvalue weighted by Gasteiger charge is 2.14. The number of carbonyl (C=O) groups excluding carboxylic acids is 2. The van der Waals surface area contributed by atoms with Gasteiger partial charge in [-0.25, -0.2) is 10.2 Å². The van der Waals surface area contributed by atoms with Crippen molar-refractivity contribution in [2.75, 3.05) is 13.2 Å². The van der Waals surface area contributed by atoms with Gasteiger partial charge in [-0.05, 0) is 91.7 Å². The van der Waals surface area contributed by atoms with E-state index in [1.54, 1.807) is 66.7 Å². The fourth-order valence-electron chi connectivity index (χ4n) is 3.64. The lowest BCUT2D eigenvalue weighted by atomic mass is 10.2. The first-order valence-electron chi connectivity index (χ1n) is 12.9. The number of hydrogen-bond donors (Lipinski definition) is 1. The van der Waals surface area contributed by atoms with Crippen LogP contribution < -0.4 is 24.4 Å². The average molecular weight is 539 g/mol. The highest BCUT2D eigenvalue weighted by Crippen LogP contribution is 2.29. The molecule has 1 amide bonds.